The van der Waals surface area contributed by atoms with Crippen LogP contribution in [0, 0.1) is 0 Å². The molecule has 0 fully saturated rings. The van der Waals surface area contributed by atoms with Gasteiger partial charge in [-0.25, -0.2) is 0 Å². The van der Waals surface area contributed by atoms with Gasteiger partial charge in [0, 0.05) is 11.3 Å². The van der Waals surface area contributed by atoms with Crippen molar-refractivity contribution in [1.29, 1.82) is 0 Å². The van der Waals surface area contributed by atoms with Crippen molar-refractivity contribution in [3.63, 3.8) is 0 Å². The van der Waals surface area contributed by atoms with Crippen molar-refractivity contribution in [2.45, 2.75) is 90.9 Å². The van der Waals surface area contributed by atoms with Crippen molar-refractivity contribution in [2.75, 3.05) is 5.88 Å². The fraction of sp³-hybridized carbons (Fsp3) is 0.556. The molecule has 2 rings (SSSR count). The van der Waals surface area contributed by atoms with Crippen LogP contribution in [0.15, 0.2) is 36.4 Å². The van der Waals surface area contributed by atoms with Crippen LogP contribution in [0.3, 0.4) is 0 Å². The first kappa shape index (κ1) is 27.5. The van der Waals surface area contributed by atoms with Gasteiger partial charge in [-0.1, -0.05) is 84.4 Å². The van der Waals surface area contributed by atoms with Gasteiger partial charge in [-0.05, 0) is 70.6 Å². The molecule has 0 saturated carbocycles. The van der Waals surface area contributed by atoms with Crippen molar-refractivity contribution in [3.8, 4) is 11.1 Å². The van der Waals surface area contributed by atoms with Crippen LogP contribution in [0.1, 0.15) is 102 Å². The lowest BCUT2D eigenvalue weighted by Crippen LogP contribution is -2.07. The molecule has 2 atom stereocenters. The summed E-state index contributed by atoms with van der Waals surface area (Å²) in [6.07, 6.45) is 3.35. The van der Waals surface area contributed by atoms with E-state index in [9.17, 15) is 0 Å². The molecule has 0 heterocycles. The molecule has 2 aromatic carbocycles. The van der Waals surface area contributed by atoms with E-state index in [0.717, 1.165) is 25.1 Å². The quantitative estimate of drug-likeness (QED) is 0.206. The standard InChI is InChI=1S/C21H29P.C6H12Cl2/c1-13(2)16-10-11-17(19(12-16)14(3)4)18-8-7-9-20(22)21(18)15(5)6;1-6(8)4-2-3-5-7/h7-15H,22H2,1-6H3;6H,2-5H2,1H3. The van der Waals surface area contributed by atoms with Crippen molar-refractivity contribution in [2.24, 2.45) is 0 Å². The maximum atomic E-state index is 5.67. The lowest BCUT2D eigenvalue weighted by molar-refractivity contribution is 0.711. The number of rotatable bonds is 8. The minimum atomic E-state index is 0.318. The zero-order valence-corrected chi connectivity index (χ0v) is 22.6. The first-order valence-electron chi connectivity index (χ1n) is 11.3. The number of benzene rings is 2. The Morgan fingerprint density at radius 3 is 1.97 bits per heavy atom. The second kappa shape index (κ2) is 13.8. The molecular weight excluding hydrogens is 426 g/mol. The van der Waals surface area contributed by atoms with E-state index in [1.54, 1.807) is 0 Å². The van der Waals surface area contributed by atoms with E-state index in [0.29, 0.717) is 23.1 Å². The highest BCUT2D eigenvalue weighted by atomic mass is 35.5. The van der Waals surface area contributed by atoms with E-state index in [1.165, 1.54) is 33.1 Å². The third-order valence-electron chi connectivity index (χ3n) is 5.36. The zero-order chi connectivity index (χ0) is 22.8. The van der Waals surface area contributed by atoms with E-state index >= 15 is 0 Å². The van der Waals surface area contributed by atoms with Crippen LogP contribution in [0.25, 0.3) is 11.1 Å². The van der Waals surface area contributed by atoms with Crippen LogP contribution in [0.5, 0.6) is 0 Å². The Morgan fingerprint density at radius 2 is 1.47 bits per heavy atom. The second-order valence-electron chi connectivity index (χ2n) is 9.08. The van der Waals surface area contributed by atoms with Crippen molar-refractivity contribution >= 4 is 37.7 Å². The van der Waals surface area contributed by atoms with Gasteiger partial charge >= 0.3 is 0 Å². The van der Waals surface area contributed by atoms with Crippen LogP contribution in [-0.4, -0.2) is 11.3 Å². The van der Waals surface area contributed by atoms with Gasteiger partial charge in [0.1, 0.15) is 0 Å². The van der Waals surface area contributed by atoms with E-state index in [2.05, 4.69) is 87.2 Å². The molecule has 0 aliphatic rings. The highest BCUT2D eigenvalue weighted by Gasteiger charge is 2.16. The normalized spacial score (nSPS) is 12.3. The molecule has 0 amide bonds. The molecule has 2 unspecified atom stereocenters. The van der Waals surface area contributed by atoms with Crippen LogP contribution in [0.2, 0.25) is 0 Å². The molecular formula is C27H41Cl2P. The third-order valence-corrected chi connectivity index (χ3v) is 6.35. The summed E-state index contributed by atoms with van der Waals surface area (Å²) in [7, 11) is 2.90. The van der Waals surface area contributed by atoms with E-state index in [1.807, 2.05) is 6.92 Å². The molecule has 0 saturated heterocycles. The maximum absolute atomic E-state index is 5.67. The van der Waals surface area contributed by atoms with Gasteiger partial charge in [0.15, 0.2) is 0 Å². The fourth-order valence-electron chi connectivity index (χ4n) is 3.65. The van der Waals surface area contributed by atoms with Crippen LogP contribution in [-0.2, 0) is 0 Å². The monoisotopic (exact) mass is 466 g/mol. The highest BCUT2D eigenvalue weighted by molar-refractivity contribution is 7.27. The molecule has 2 aromatic rings. The van der Waals surface area contributed by atoms with Gasteiger partial charge in [-0.15, -0.1) is 32.4 Å². The predicted molar refractivity (Wildman–Crippen MR) is 143 cm³/mol. The molecule has 0 aromatic heterocycles. The lowest BCUT2D eigenvalue weighted by atomic mass is 9.85. The molecule has 0 aliphatic heterocycles. The maximum Gasteiger partial charge on any atom is 0.0307 e. The van der Waals surface area contributed by atoms with Crippen molar-refractivity contribution in [1.82, 2.24) is 0 Å². The predicted octanol–water partition coefficient (Wildman–Crippen LogP) is 9.25. The van der Waals surface area contributed by atoms with Crippen LogP contribution in [0.4, 0.5) is 0 Å². The molecule has 3 heteroatoms. The average Bonchev–Trinajstić information content (AvgIpc) is 2.67. The number of alkyl halides is 2. The van der Waals surface area contributed by atoms with Gasteiger partial charge in [0.2, 0.25) is 0 Å². The van der Waals surface area contributed by atoms with Gasteiger partial charge in [-0.2, -0.15) is 0 Å². The summed E-state index contributed by atoms with van der Waals surface area (Å²) in [4.78, 5) is 0. The zero-order valence-electron chi connectivity index (χ0n) is 19.9. The first-order chi connectivity index (χ1) is 14.1. The first-order valence-corrected chi connectivity index (χ1v) is 12.9. The van der Waals surface area contributed by atoms with Gasteiger partial charge in [0.25, 0.3) is 0 Å². The minimum absolute atomic E-state index is 0.318. The number of hydrogen-bond acceptors (Lipinski definition) is 0. The van der Waals surface area contributed by atoms with Crippen molar-refractivity contribution < 1.29 is 0 Å². The third kappa shape index (κ3) is 8.53. The number of halogens is 2. The Bertz CT molecular complexity index is 763. The highest BCUT2D eigenvalue weighted by Crippen LogP contribution is 2.36. The molecule has 168 valence electrons. The molecule has 0 nitrogen and oxygen atoms in total. The van der Waals surface area contributed by atoms with E-state index < -0.39 is 0 Å². The van der Waals surface area contributed by atoms with Crippen molar-refractivity contribution in [3.05, 3.63) is 53.1 Å². The van der Waals surface area contributed by atoms with Crippen LogP contribution >= 0.6 is 32.4 Å². The Morgan fingerprint density at radius 1 is 0.800 bits per heavy atom. The summed E-state index contributed by atoms with van der Waals surface area (Å²) in [5, 5.41) is 1.63. The Hall–Kier alpha value is -0.550. The molecule has 0 bridgehead atoms. The van der Waals surface area contributed by atoms with Gasteiger partial charge < -0.3 is 0 Å². The summed E-state index contributed by atoms with van der Waals surface area (Å²) in [6.45, 7) is 15.7. The lowest BCUT2D eigenvalue weighted by Gasteiger charge is -2.21. The van der Waals surface area contributed by atoms with Gasteiger partial charge in [0.05, 0.1) is 0 Å². The number of hydrogen-bond donors (Lipinski definition) is 0. The smallest absolute Gasteiger partial charge is 0.0307 e. The summed E-state index contributed by atoms with van der Waals surface area (Å²) in [6, 6.07) is 13.7. The summed E-state index contributed by atoms with van der Waals surface area (Å²) >= 11 is 11.1. The Kier molecular flexibility index (Phi) is 12.6. The summed E-state index contributed by atoms with van der Waals surface area (Å²) in [5.41, 5.74) is 7.13. The van der Waals surface area contributed by atoms with E-state index in [4.69, 9.17) is 23.2 Å². The van der Waals surface area contributed by atoms with E-state index in [-0.39, 0.29) is 0 Å². The Labute approximate surface area is 198 Å². The molecule has 0 N–H and O–H groups in total. The molecule has 30 heavy (non-hydrogen) atoms. The minimum Gasteiger partial charge on any atom is -0.127 e. The Balaban J connectivity index is 0.000000479. The number of unbranched alkanes of at least 4 members (excludes halogenated alkanes) is 1. The summed E-state index contributed by atoms with van der Waals surface area (Å²) < 4.78 is 0. The largest absolute Gasteiger partial charge is 0.127 e. The fourth-order valence-corrected chi connectivity index (χ4v) is 4.59. The molecule has 0 spiro atoms. The van der Waals surface area contributed by atoms with Gasteiger partial charge in [-0.3, -0.25) is 0 Å². The SMILES string of the molecule is CC(C)c1ccc(-c2cccc(P)c2C(C)C)c(C(C)C)c1.CC(Cl)CCCCCl. The van der Waals surface area contributed by atoms with Crippen LogP contribution < -0.4 is 5.30 Å². The molecule has 0 aliphatic carbocycles. The summed E-state index contributed by atoms with van der Waals surface area (Å²) in [5.74, 6) is 2.39. The average molecular weight is 468 g/mol. The second-order valence-corrected chi connectivity index (χ2v) is 10.8. The molecule has 0 radical (unpaired) electrons. The topological polar surface area (TPSA) is 0 Å².